The van der Waals surface area contributed by atoms with Gasteiger partial charge in [0.05, 0.1) is 7.11 Å². The molecule has 0 aromatic carbocycles. The van der Waals surface area contributed by atoms with Crippen LogP contribution in [0.2, 0.25) is 0 Å². The average molecular weight is 264 g/mol. The van der Waals surface area contributed by atoms with Crippen LogP contribution < -0.4 is 15.4 Å². The molecule has 2 aromatic heterocycles. The molecule has 0 bridgehead atoms. The zero-order valence-corrected chi connectivity index (χ0v) is 11.5. The summed E-state index contributed by atoms with van der Waals surface area (Å²) >= 11 is 1.70. The van der Waals surface area contributed by atoms with Crippen molar-refractivity contribution in [1.82, 2.24) is 9.97 Å². The Labute approximate surface area is 110 Å². The molecule has 2 N–H and O–H groups in total. The van der Waals surface area contributed by atoms with E-state index in [-0.39, 0.29) is 0 Å². The highest BCUT2D eigenvalue weighted by Gasteiger charge is 2.10. The smallest absolute Gasteiger partial charge is 0.204 e. The van der Waals surface area contributed by atoms with Crippen molar-refractivity contribution in [2.75, 3.05) is 24.8 Å². The number of aromatic nitrogens is 2. The minimum absolute atomic E-state index is 0.632. The molecule has 2 heterocycles. The standard InChI is InChI=1S/C12H16N4OS/c1-8-5-18-6-9(8)4-14-12-10(17-3)11(13-2)15-7-16-12/h5-7H,4H2,1-3H3,(H2,13,14,15,16). The number of hydrogen-bond donors (Lipinski definition) is 2. The Hall–Kier alpha value is -1.82. The molecule has 6 heteroatoms. The summed E-state index contributed by atoms with van der Waals surface area (Å²) in [4.78, 5) is 8.31. The molecule has 0 aliphatic rings. The summed E-state index contributed by atoms with van der Waals surface area (Å²) in [6, 6.07) is 0. The number of rotatable bonds is 5. The second-order valence-electron chi connectivity index (χ2n) is 3.79. The van der Waals surface area contributed by atoms with E-state index in [1.165, 1.54) is 17.5 Å². The molecule has 0 aliphatic carbocycles. The van der Waals surface area contributed by atoms with Gasteiger partial charge < -0.3 is 15.4 Å². The summed E-state index contributed by atoms with van der Waals surface area (Å²) in [6.07, 6.45) is 1.51. The van der Waals surface area contributed by atoms with Gasteiger partial charge >= 0.3 is 0 Å². The summed E-state index contributed by atoms with van der Waals surface area (Å²) in [6.45, 7) is 2.83. The van der Waals surface area contributed by atoms with Crippen molar-refractivity contribution in [3.05, 3.63) is 28.2 Å². The Balaban J connectivity index is 2.16. The Kier molecular flexibility index (Phi) is 3.99. The Bertz CT molecular complexity index is 527. The van der Waals surface area contributed by atoms with E-state index in [1.54, 1.807) is 25.5 Å². The van der Waals surface area contributed by atoms with E-state index in [9.17, 15) is 0 Å². The van der Waals surface area contributed by atoms with Gasteiger partial charge in [-0.05, 0) is 28.8 Å². The summed E-state index contributed by atoms with van der Waals surface area (Å²) in [5.41, 5.74) is 2.56. The van der Waals surface area contributed by atoms with Crippen LogP contribution in [0.15, 0.2) is 17.1 Å². The topological polar surface area (TPSA) is 59.1 Å². The first-order valence-electron chi connectivity index (χ1n) is 5.58. The van der Waals surface area contributed by atoms with E-state index in [0.29, 0.717) is 17.4 Å². The van der Waals surface area contributed by atoms with Crippen molar-refractivity contribution < 1.29 is 4.74 Å². The summed E-state index contributed by atoms with van der Waals surface area (Å²) in [5, 5.41) is 10.5. The van der Waals surface area contributed by atoms with Gasteiger partial charge in [0, 0.05) is 13.6 Å². The second kappa shape index (κ2) is 5.68. The van der Waals surface area contributed by atoms with Crippen LogP contribution in [0.5, 0.6) is 5.75 Å². The molecule has 0 radical (unpaired) electrons. The highest BCUT2D eigenvalue weighted by Crippen LogP contribution is 2.29. The van der Waals surface area contributed by atoms with Gasteiger partial charge in [-0.25, -0.2) is 9.97 Å². The van der Waals surface area contributed by atoms with E-state index in [2.05, 4.69) is 38.3 Å². The van der Waals surface area contributed by atoms with Crippen LogP contribution in [0.3, 0.4) is 0 Å². The first kappa shape index (κ1) is 12.6. The predicted molar refractivity (Wildman–Crippen MR) is 74.5 cm³/mol. The molecular formula is C12H16N4OS. The fourth-order valence-electron chi connectivity index (χ4n) is 1.62. The molecule has 18 heavy (non-hydrogen) atoms. The lowest BCUT2D eigenvalue weighted by Gasteiger charge is -2.12. The quantitative estimate of drug-likeness (QED) is 0.869. The largest absolute Gasteiger partial charge is 0.490 e. The van der Waals surface area contributed by atoms with Gasteiger partial charge in [0.1, 0.15) is 6.33 Å². The Morgan fingerprint density at radius 3 is 2.67 bits per heavy atom. The maximum atomic E-state index is 5.32. The van der Waals surface area contributed by atoms with Crippen LogP contribution in [0.4, 0.5) is 11.6 Å². The molecule has 0 saturated heterocycles. The molecular weight excluding hydrogens is 248 g/mol. The first-order valence-corrected chi connectivity index (χ1v) is 6.52. The lowest BCUT2D eigenvalue weighted by atomic mass is 10.2. The molecule has 0 unspecified atom stereocenters. The predicted octanol–water partition coefficient (Wildman–Crippen LogP) is 2.51. The van der Waals surface area contributed by atoms with Gasteiger partial charge in [0.15, 0.2) is 11.6 Å². The monoisotopic (exact) mass is 264 g/mol. The van der Waals surface area contributed by atoms with Crippen LogP contribution in [0.25, 0.3) is 0 Å². The summed E-state index contributed by atoms with van der Waals surface area (Å²) < 4.78 is 5.32. The number of anilines is 2. The number of ether oxygens (including phenoxy) is 1. The third kappa shape index (κ3) is 2.53. The second-order valence-corrected chi connectivity index (χ2v) is 4.53. The van der Waals surface area contributed by atoms with Crippen molar-refractivity contribution in [3.63, 3.8) is 0 Å². The SMILES string of the molecule is CNc1ncnc(NCc2cscc2C)c1OC. The number of aryl methyl sites for hydroxylation is 1. The highest BCUT2D eigenvalue weighted by atomic mass is 32.1. The molecule has 0 fully saturated rings. The van der Waals surface area contributed by atoms with Crippen molar-refractivity contribution in [1.29, 1.82) is 0 Å². The van der Waals surface area contributed by atoms with E-state index < -0.39 is 0 Å². The zero-order valence-electron chi connectivity index (χ0n) is 10.7. The fourth-order valence-corrected chi connectivity index (χ4v) is 2.48. The molecule has 0 spiro atoms. The number of nitrogens with one attached hydrogen (secondary N) is 2. The summed E-state index contributed by atoms with van der Waals surface area (Å²) in [7, 11) is 3.41. The minimum Gasteiger partial charge on any atom is -0.490 e. The molecule has 0 saturated carbocycles. The molecule has 5 nitrogen and oxygen atoms in total. The van der Waals surface area contributed by atoms with Crippen LogP contribution >= 0.6 is 11.3 Å². The first-order chi connectivity index (χ1) is 8.76. The van der Waals surface area contributed by atoms with E-state index >= 15 is 0 Å². The highest BCUT2D eigenvalue weighted by molar-refractivity contribution is 7.08. The van der Waals surface area contributed by atoms with E-state index in [1.807, 2.05) is 0 Å². The molecule has 2 rings (SSSR count). The van der Waals surface area contributed by atoms with E-state index in [4.69, 9.17) is 4.74 Å². The minimum atomic E-state index is 0.632. The fraction of sp³-hybridized carbons (Fsp3) is 0.333. The zero-order chi connectivity index (χ0) is 13.0. The lowest BCUT2D eigenvalue weighted by Crippen LogP contribution is -2.06. The van der Waals surface area contributed by atoms with E-state index in [0.717, 1.165) is 6.54 Å². The Morgan fingerprint density at radius 1 is 1.28 bits per heavy atom. The van der Waals surface area contributed by atoms with Crippen LogP contribution in [0, 0.1) is 6.92 Å². The normalized spacial score (nSPS) is 10.2. The van der Waals surface area contributed by atoms with Crippen molar-refractivity contribution in [3.8, 4) is 5.75 Å². The van der Waals surface area contributed by atoms with Gasteiger partial charge in [0.2, 0.25) is 5.75 Å². The van der Waals surface area contributed by atoms with Gasteiger partial charge in [-0.15, -0.1) is 0 Å². The number of hydrogen-bond acceptors (Lipinski definition) is 6. The molecule has 96 valence electrons. The van der Waals surface area contributed by atoms with Crippen LogP contribution in [-0.4, -0.2) is 24.1 Å². The van der Waals surface area contributed by atoms with Gasteiger partial charge in [-0.2, -0.15) is 11.3 Å². The van der Waals surface area contributed by atoms with Crippen LogP contribution in [-0.2, 0) is 6.54 Å². The summed E-state index contributed by atoms with van der Waals surface area (Å²) in [5.74, 6) is 2.01. The Morgan fingerprint density at radius 2 is 2.06 bits per heavy atom. The number of nitrogens with zero attached hydrogens (tertiary/aromatic N) is 2. The van der Waals surface area contributed by atoms with Gasteiger partial charge in [0.25, 0.3) is 0 Å². The lowest BCUT2D eigenvalue weighted by molar-refractivity contribution is 0.415. The average Bonchev–Trinajstić information content (AvgIpc) is 2.81. The third-order valence-electron chi connectivity index (χ3n) is 2.65. The van der Waals surface area contributed by atoms with Gasteiger partial charge in [-0.3, -0.25) is 0 Å². The van der Waals surface area contributed by atoms with Gasteiger partial charge in [-0.1, -0.05) is 0 Å². The van der Waals surface area contributed by atoms with Crippen LogP contribution in [0.1, 0.15) is 11.1 Å². The molecule has 2 aromatic rings. The van der Waals surface area contributed by atoms with Crippen molar-refractivity contribution in [2.24, 2.45) is 0 Å². The number of methoxy groups -OCH3 is 1. The third-order valence-corrected chi connectivity index (χ3v) is 3.56. The maximum absolute atomic E-state index is 5.32. The maximum Gasteiger partial charge on any atom is 0.204 e. The van der Waals surface area contributed by atoms with Crippen molar-refractivity contribution in [2.45, 2.75) is 13.5 Å². The molecule has 0 amide bonds. The molecule has 0 atom stereocenters. The van der Waals surface area contributed by atoms with Crippen molar-refractivity contribution >= 4 is 23.0 Å². The molecule has 0 aliphatic heterocycles. The number of thiophene rings is 1.